The molecule has 1 saturated heterocycles. The molecule has 0 amide bonds. The van der Waals surface area contributed by atoms with E-state index in [9.17, 15) is 0 Å². The smallest absolute Gasteiger partial charge is 0.0278 e. The fraction of sp³-hybridized carbons (Fsp3) is 0.500. The summed E-state index contributed by atoms with van der Waals surface area (Å²) in [6, 6.07) is 11.3. The third-order valence-electron chi connectivity index (χ3n) is 3.86. The zero-order valence-corrected chi connectivity index (χ0v) is 12.1. The first-order valence-electron chi connectivity index (χ1n) is 7.69. The molecule has 1 atom stereocenters. The third-order valence-corrected chi connectivity index (χ3v) is 3.86. The second-order valence-corrected chi connectivity index (χ2v) is 5.38. The molecule has 0 spiro atoms. The maximum Gasteiger partial charge on any atom is 0.0278 e. The summed E-state index contributed by atoms with van der Waals surface area (Å²) in [5.74, 6) is 0. The molecule has 1 aromatic carbocycles. The maximum atomic E-state index is 2.64. The molecule has 0 aromatic heterocycles. The van der Waals surface area contributed by atoms with E-state index >= 15 is 0 Å². The predicted octanol–water partition coefficient (Wildman–Crippen LogP) is 4.45. The Morgan fingerprint density at radius 2 is 2.11 bits per heavy atom. The standard InChI is InChI=1S/C18H26N/c1-2-3-15-19-16-9-14-18(19)13-8-7-12-17-10-5-4-6-11-17/h4-6,8,10-13,18H,2-3,7,9,14-16H2,1H3/b13-8+. The molecule has 1 heterocycles. The van der Waals surface area contributed by atoms with Crippen LogP contribution in [0.5, 0.6) is 0 Å². The van der Waals surface area contributed by atoms with Crippen LogP contribution in [0.25, 0.3) is 0 Å². The van der Waals surface area contributed by atoms with E-state index in [1.807, 2.05) is 0 Å². The van der Waals surface area contributed by atoms with Gasteiger partial charge < -0.3 is 0 Å². The van der Waals surface area contributed by atoms with Crippen LogP contribution in [0.2, 0.25) is 0 Å². The molecule has 1 fully saturated rings. The largest absolute Gasteiger partial charge is 0.297 e. The lowest BCUT2D eigenvalue weighted by molar-refractivity contribution is 0.285. The summed E-state index contributed by atoms with van der Waals surface area (Å²) in [6.45, 7) is 4.83. The van der Waals surface area contributed by atoms with Crippen molar-refractivity contribution in [3.05, 3.63) is 54.5 Å². The predicted molar refractivity (Wildman–Crippen MR) is 83.1 cm³/mol. The first-order chi connectivity index (χ1) is 9.40. The topological polar surface area (TPSA) is 3.24 Å². The fourth-order valence-electron chi connectivity index (χ4n) is 2.74. The number of hydrogen-bond acceptors (Lipinski definition) is 1. The summed E-state index contributed by atoms with van der Waals surface area (Å²) >= 11 is 0. The number of likely N-dealkylation sites (tertiary alicyclic amines) is 1. The minimum absolute atomic E-state index is 0.690. The summed E-state index contributed by atoms with van der Waals surface area (Å²) < 4.78 is 0. The van der Waals surface area contributed by atoms with Gasteiger partial charge in [-0.15, -0.1) is 0 Å². The second-order valence-electron chi connectivity index (χ2n) is 5.38. The zero-order valence-electron chi connectivity index (χ0n) is 12.1. The Bertz CT molecular complexity index is 369. The van der Waals surface area contributed by atoms with E-state index in [0.29, 0.717) is 6.04 Å². The average molecular weight is 256 g/mol. The first kappa shape index (κ1) is 14.3. The maximum absolute atomic E-state index is 2.64. The molecule has 1 heteroatoms. The molecule has 1 nitrogen and oxygen atoms in total. The van der Waals surface area contributed by atoms with Gasteiger partial charge in [0, 0.05) is 6.04 Å². The van der Waals surface area contributed by atoms with Gasteiger partial charge in [0.05, 0.1) is 0 Å². The van der Waals surface area contributed by atoms with Crippen molar-refractivity contribution in [1.82, 2.24) is 4.90 Å². The van der Waals surface area contributed by atoms with Gasteiger partial charge >= 0.3 is 0 Å². The molecule has 0 saturated carbocycles. The number of allylic oxidation sites excluding steroid dienone is 1. The fourth-order valence-corrected chi connectivity index (χ4v) is 2.74. The van der Waals surface area contributed by atoms with Gasteiger partial charge in [-0.3, -0.25) is 4.90 Å². The number of nitrogens with zero attached hydrogens (tertiary/aromatic N) is 1. The zero-order chi connectivity index (χ0) is 13.3. The van der Waals surface area contributed by atoms with Crippen LogP contribution in [0.15, 0.2) is 42.5 Å². The van der Waals surface area contributed by atoms with Gasteiger partial charge in [-0.05, 0) is 50.8 Å². The van der Waals surface area contributed by atoms with Crippen LogP contribution < -0.4 is 0 Å². The van der Waals surface area contributed by atoms with Crippen LogP contribution in [0, 0.1) is 6.42 Å². The highest BCUT2D eigenvalue weighted by Gasteiger charge is 2.20. The van der Waals surface area contributed by atoms with Gasteiger partial charge in [-0.2, -0.15) is 0 Å². The Morgan fingerprint density at radius 3 is 2.89 bits per heavy atom. The van der Waals surface area contributed by atoms with E-state index in [1.165, 1.54) is 44.3 Å². The van der Waals surface area contributed by atoms with E-state index in [2.05, 4.69) is 60.7 Å². The third kappa shape index (κ3) is 4.83. The molecular formula is C18H26N. The summed E-state index contributed by atoms with van der Waals surface area (Å²) in [5.41, 5.74) is 1.32. The monoisotopic (exact) mass is 256 g/mol. The Labute approximate surface area is 118 Å². The van der Waals surface area contributed by atoms with E-state index in [1.54, 1.807) is 0 Å². The molecule has 1 unspecified atom stereocenters. The lowest BCUT2D eigenvalue weighted by Gasteiger charge is -2.21. The van der Waals surface area contributed by atoms with E-state index in [-0.39, 0.29) is 0 Å². The summed E-state index contributed by atoms with van der Waals surface area (Å²) in [7, 11) is 0. The normalized spacial score (nSPS) is 20.4. The number of unbranched alkanes of at least 4 members (excludes halogenated alkanes) is 1. The van der Waals surface area contributed by atoms with Crippen LogP contribution in [0.3, 0.4) is 0 Å². The Hall–Kier alpha value is -1.08. The van der Waals surface area contributed by atoms with E-state index in [4.69, 9.17) is 0 Å². The molecule has 2 rings (SSSR count). The lowest BCUT2D eigenvalue weighted by atomic mass is 10.1. The summed E-state index contributed by atoms with van der Waals surface area (Å²) in [4.78, 5) is 2.64. The number of hydrogen-bond donors (Lipinski definition) is 0. The summed E-state index contributed by atoms with van der Waals surface area (Å²) in [6.07, 6.45) is 13.4. The molecule has 1 radical (unpaired) electrons. The van der Waals surface area contributed by atoms with Gasteiger partial charge in [0.25, 0.3) is 0 Å². The lowest BCUT2D eigenvalue weighted by Crippen LogP contribution is -2.28. The Kier molecular flexibility index (Phi) is 6.16. The molecular weight excluding hydrogens is 230 g/mol. The highest BCUT2D eigenvalue weighted by Crippen LogP contribution is 2.19. The van der Waals surface area contributed by atoms with Gasteiger partial charge in [0.15, 0.2) is 0 Å². The molecule has 1 aliphatic heterocycles. The Morgan fingerprint density at radius 1 is 1.26 bits per heavy atom. The molecule has 103 valence electrons. The summed E-state index contributed by atoms with van der Waals surface area (Å²) in [5, 5.41) is 0. The molecule has 1 aromatic rings. The molecule has 1 aliphatic rings. The number of benzene rings is 1. The van der Waals surface area contributed by atoms with Crippen molar-refractivity contribution in [3.63, 3.8) is 0 Å². The van der Waals surface area contributed by atoms with Crippen molar-refractivity contribution < 1.29 is 0 Å². The van der Waals surface area contributed by atoms with Crippen LogP contribution in [-0.4, -0.2) is 24.0 Å². The minimum atomic E-state index is 0.690. The highest BCUT2D eigenvalue weighted by atomic mass is 15.2. The van der Waals surface area contributed by atoms with Gasteiger partial charge in [-0.1, -0.05) is 55.8 Å². The van der Waals surface area contributed by atoms with Crippen LogP contribution in [-0.2, 0) is 0 Å². The van der Waals surface area contributed by atoms with Crippen molar-refractivity contribution in [3.8, 4) is 0 Å². The van der Waals surface area contributed by atoms with E-state index < -0.39 is 0 Å². The average Bonchev–Trinajstić information content (AvgIpc) is 2.90. The van der Waals surface area contributed by atoms with Crippen LogP contribution in [0.1, 0.15) is 44.6 Å². The van der Waals surface area contributed by atoms with Gasteiger partial charge in [0.2, 0.25) is 0 Å². The quantitative estimate of drug-likeness (QED) is 0.651. The molecule has 0 aliphatic carbocycles. The highest BCUT2D eigenvalue weighted by molar-refractivity contribution is 5.23. The first-order valence-corrected chi connectivity index (χ1v) is 7.69. The number of rotatable bonds is 7. The van der Waals surface area contributed by atoms with Crippen molar-refractivity contribution in [2.45, 2.75) is 45.1 Å². The molecule has 19 heavy (non-hydrogen) atoms. The van der Waals surface area contributed by atoms with Crippen molar-refractivity contribution in [1.29, 1.82) is 0 Å². The van der Waals surface area contributed by atoms with Gasteiger partial charge in [-0.25, -0.2) is 0 Å². The molecule has 0 bridgehead atoms. The van der Waals surface area contributed by atoms with Crippen LogP contribution >= 0.6 is 0 Å². The molecule has 0 N–H and O–H groups in total. The second kappa shape index (κ2) is 8.16. The minimum Gasteiger partial charge on any atom is -0.297 e. The Balaban J connectivity index is 1.72. The van der Waals surface area contributed by atoms with Crippen molar-refractivity contribution in [2.24, 2.45) is 0 Å². The van der Waals surface area contributed by atoms with Crippen LogP contribution in [0.4, 0.5) is 0 Å². The SMILES string of the molecule is CCCCN1CCCC1/C=C/C[CH]c1ccccc1. The van der Waals surface area contributed by atoms with Gasteiger partial charge in [0.1, 0.15) is 0 Å². The van der Waals surface area contributed by atoms with Crippen molar-refractivity contribution >= 4 is 0 Å². The van der Waals surface area contributed by atoms with E-state index in [0.717, 1.165) is 6.42 Å². The van der Waals surface area contributed by atoms with Crippen molar-refractivity contribution in [2.75, 3.05) is 13.1 Å².